The zero-order valence-electron chi connectivity index (χ0n) is 13.9. The van der Waals surface area contributed by atoms with E-state index in [1.165, 1.54) is 11.3 Å². The van der Waals surface area contributed by atoms with Crippen LogP contribution in [0.4, 0.5) is 5.82 Å². The normalized spacial score (nSPS) is 19.3. The van der Waals surface area contributed by atoms with Crippen molar-refractivity contribution in [1.29, 1.82) is 0 Å². The summed E-state index contributed by atoms with van der Waals surface area (Å²) >= 11 is 0. The van der Waals surface area contributed by atoms with Gasteiger partial charge in [-0.15, -0.1) is 0 Å². The molecule has 1 unspecified atom stereocenters. The fraction of sp³-hybridized carbons (Fsp3) is 0.706. The number of rotatable bonds is 6. The van der Waals surface area contributed by atoms with Crippen LogP contribution in [-0.2, 0) is 17.7 Å². The molecule has 1 saturated heterocycles. The Bertz CT molecular complexity index is 448. The van der Waals surface area contributed by atoms with E-state index in [9.17, 15) is 0 Å². The number of aryl methyl sites for hydroxylation is 1. The zero-order chi connectivity index (χ0) is 15.2. The number of hydrogen-bond acceptors (Lipinski definition) is 4. The molecule has 1 aromatic rings. The molecule has 0 amide bonds. The molecule has 1 N–H and O–H groups in total. The Morgan fingerprint density at radius 3 is 2.86 bits per heavy atom. The third-order valence-electron chi connectivity index (χ3n) is 3.99. The molecular formula is C17H29N3O. The fourth-order valence-corrected chi connectivity index (χ4v) is 2.68. The summed E-state index contributed by atoms with van der Waals surface area (Å²) in [7, 11) is 0. The van der Waals surface area contributed by atoms with Gasteiger partial charge in [0.05, 0.1) is 19.3 Å². The van der Waals surface area contributed by atoms with Crippen molar-refractivity contribution in [1.82, 2.24) is 10.3 Å². The van der Waals surface area contributed by atoms with E-state index in [-0.39, 0.29) is 0 Å². The lowest BCUT2D eigenvalue weighted by molar-refractivity contribution is 0.0925. The molecule has 0 aliphatic carbocycles. The first kappa shape index (κ1) is 16.2. The van der Waals surface area contributed by atoms with Crippen LogP contribution in [-0.4, -0.2) is 36.8 Å². The number of ether oxygens (including phenoxy) is 1. The van der Waals surface area contributed by atoms with Gasteiger partial charge in [-0.1, -0.05) is 27.7 Å². The first-order chi connectivity index (χ1) is 10.1. The zero-order valence-corrected chi connectivity index (χ0v) is 13.9. The molecule has 0 spiro atoms. The van der Waals surface area contributed by atoms with Gasteiger partial charge < -0.3 is 15.0 Å². The average molecular weight is 291 g/mol. The van der Waals surface area contributed by atoms with Crippen LogP contribution in [0.1, 0.15) is 45.4 Å². The Hall–Kier alpha value is -1.13. The third kappa shape index (κ3) is 4.42. The van der Waals surface area contributed by atoms with Crippen molar-refractivity contribution in [2.24, 2.45) is 0 Å². The van der Waals surface area contributed by atoms with Gasteiger partial charge in [0.15, 0.2) is 0 Å². The maximum Gasteiger partial charge on any atom is 0.129 e. The summed E-state index contributed by atoms with van der Waals surface area (Å²) in [5.74, 6) is 1.12. The summed E-state index contributed by atoms with van der Waals surface area (Å²) in [5, 5.41) is 3.50. The van der Waals surface area contributed by atoms with E-state index in [2.05, 4.69) is 50.0 Å². The number of nitrogens with one attached hydrogen (secondary N) is 1. The van der Waals surface area contributed by atoms with Crippen molar-refractivity contribution in [3.63, 3.8) is 0 Å². The predicted octanol–water partition coefficient (Wildman–Crippen LogP) is 2.76. The van der Waals surface area contributed by atoms with Crippen LogP contribution >= 0.6 is 0 Å². The minimum atomic E-state index is 0.448. The van der Waals surface area contributed by atoms with E-state index in [0.29, 0.717) is 12.1 Å². The molecule has 0 saturated carbocycles. The molecule has 2 rings (SSSR count). The highest BCUT2D eigenvalue weighted by molar-refractivity contribution is 5.44. The van der Waals surface area contributed by atoms with Crippen LogP contribution in [0.3, 0.4) is 0 Å². The van der Waals surface area contributed by atoms with Crippen LogP contribution in [0.2, 0.25) is 0 Å². The van der Waals surface area contributed by atoms with Gasteiger partial charge >= 0.3 is 0 Å². The Morgan fingerprint density at radius 1 is 1.38 bits per heavy atom. The van der Waals surface area contributed by atoms with Crippen molar-refractivity contribution < 1.29 is 4.74 Å². The van der Waals surface area contributed by atoms with Gasteiger partial charge in [0, 0.05) is 24.8 Å². The Labute approximate surface area is 128 Å². The van der Waals surface area contributed by atoms with Crippen LogP contribution in [0, 0.1) is 0 Å². The molecule has 21 heavy (non-hydrogen) atoms. The second-order valence-corrected chi connectivity index (χ2v) is 6.04. The average Bonchev–Trinajstić information content (AvgIpc) is 2.52. The summed E-state index contributed by atoms with van der Waals surface area (Å²) in [5.41, 5.74) is 2.50. The molecule has 1 aromatic heterocycles. The van der Waals surface area contributed by atoms with Crippen molar-refractivity contribution in [2.45, 2.75) is 59.2 Å². The number of anilines is 1. The molecule has 0 bridgehead atoms. The van der Waals surface area contributed by atoms with E-state index in [1.807, 2.05) is 0 Å². The third-order valence-corrected chi connectivity index (χ3v) is 3.99. The van der Waals surface area contributed by atoms with E-state index >= 15 is 0 Å². The lowest BCUT2D eigenvalue weighted by Gasteiger charge is -2.36. The molecule has 1 fully saturated rings. The van der Waals surface area contributed by atoms with E-state index < -0.39 is 0 Å². The molecule has 1 aliphatic heterocycles. The first-order valence-corrected chi connectivity index (χ1v) is 8.21. The SMILES string of the molecule is CCc1cc(CNC(C)C)cc(N2CCOCC2CC)n1. The molecule has 118 valence electrons. The lowest BCUT2D eigenvalue weighted by atomic mass is 10.1. The molecule has 0 aromatic carbocycles. The molecule has 1 atom stereocenters. The van der Waals surface area contributed by atoms with E-state index in [0.717, 1.165) is 45.0 Å². The lowest BCUT2D eigenvalue weighted by Crippen LogP contribution is -2.45. The number of aromatic nitrogens is 1. The highest BCUT2D eigenvalue weighted by Crippen LogP contribution is 2.22. The van der Waals surface area contributed by atoms with Gasteiger partial charge in [0.25, 0.3) is 0 Å². The van der Waals surface area contributed by atoms with Crippen molar-refractivity contribution >= 4 is 5.82 Å². The summed E-state index contributed by atoms with van der Waals surface area (Å²) in [6, 6.07) is 5.41. The van der Waals surface area contributed by atoms with Crippen LogP contribution < -0.4 is 10.2 Å². The van der Waals surface area contributed by atoms with Crippen molar-refractivity contribution in [3.05, 3.63) is 23.4 Å². The van der Waals surface area contributed by atoms with Gasteiger partial charge in [-0.05, 0) is 30.5 Å². The number of hydrogen-bond donors (Lipinski definition) is 1. The van der Waals surface area contributed by atoms with Crippen LogP contribution in [0.25, 0.3) is 0 Å². The van der Waals surface area contributed by atoms with Gasteiger partial charge in [0.1, 0.15) is 5.82 Å². The quantitative estimate of drug-likeness (QED) is 0.874. The molecule has 1 aliphatic rings. The van der Waals surface area contributed by atoms with Gasteiger partial charge in [-0.3, -0.25) is 0 Å². The van der Waals surface area contributed by atoms with Crippen molar-refractivity contribution in [2.75, 3.05) is 24.7 Å². The number of pyridine rings is 1. The largest absolute Gasteiger partial charge is 0.377 e. The molecule has 4 nitrogen and oxygen atoms in total. The standard InChI is InChI=1S/C17H29N3O/c1-5-15-9-14(11-18-13(3)4)10-17(19-15)20-7-8-21-12-16(20)6-2/h9-10,13,16,18H,5-8,11-12H2,1-4H3. The van der Waals surface area contributed by atoms with Crippen LogP contribution in [0.15, 0.2) is 12.1 Å². The van der Waals surface area contributed by atoms with E-state index in [4.69, 9.17) is 9.72 Å². The summed E-state index contributed by atoms with van der Waals surface area (Å²) in [6.07, 6.45) is 2.07. The van der Waals surface area contributed by atoms with E-state index in [1.54, 1.807) is 0 Å². The number of morpholine rings is 1. The monoisotopic (exact) mass is 291 g/mol. The Morgan fingerprint density at radius 2 is 2.19 bits per heavy atom. The maximum absolute atomic E-state index is 5.61. The highest BCUT2D eigenvalue weighted by Gasteiger charge is 2.23. The predicted molar refractivity (Wildman–Crippen MR) is 87.8 cm³/mol. The van der Waals surface area contributed by atoms with Gasteiger partial charge in [-0.25, -0.2) is 4.98 Å². The molecule has 4 heteroatoms. The minimum Gasteiger partial charge on any atom is -0.377 e. The fourth-order valence-electron chi connectivity index (χ4n) is 2.68. The van der Waals surface area contributed by atoms with Crippen LogP contribution in [0.5, 0.6) is 0 Å². The van der Waals surface area contributed by atoms with Gasteiger partial charge in [0.2, 0.25) is 0 Å². The highest BCUT2D eigenvalue weighted by atomic mass is 16.5. The van der Waals surface area contributed by atoms with Crippen molar-refractivity contribution in [3.8, 4) is 0 Å². The summed E-state index contributed by atoms with van der Waals surface area (Å²) in [4.78, 5) is 7.26. The topological polar surface area (TPSA) is 37.4 Å². The second kappa shape index (κ2) is 7.76. The molecular weight excluding hydrogens is 262 g/mol. The number of nitrogens with zero attached hydrogens (tertiary/aromatic N) is 2. The van der Waals surface area contributed by atoms with Gasteiger partial charge in [-0.2, -0.15) is 0 Å². The minimum absolute atomic E-state index is 0.448. The smallest absolute Gasteiger partial charge is 0.129 e. The summed E-state index contributed by atoms with van der Waals surface area (Å²) < 4.78 is 5.61. The second-order valence-electron chi connectivity index (χ2n) is 6.04. The summed E-state index contributed by atoms with van der Waals surface area (Å²) in [6.45, 7) is 12.2. The maximum atomic E-state index is 5.61. The first-order valence-electron chi connectivity index (χ1n) is 8.21. The Balaban J connectivity index is 2.22. The molecule has 2 heterocycles. The Kier molecular flexibility index (Phi) is 6.00. The molecule has 0 radical (unpaired) electrons.